The van der Waals surface area contributed by atoms with E-state index >= 15 is 0 Å². The van der Waals surface area contributed by atoms with Crippen LogP contribution in [0.1, 0.15) is 12.0 Å². The molecule has 1 fully saturated rings. The Balaban J connectivity index is 2.21. The Hall–Kier alpha value is -1.41. The van der Waals surface area contributed by atoms with Crippen LogP contribution in [0.15, 0.2) is 29.7 Å². The van der Waals surface area contributed by atoms with Crippen LogP contribution in [0.25, 0.3) is 6.08 Å². The summed E-state index contributed by atoms with van der Waals surface area (Å²) in [6.45, 7) is -0.218. The van der Waals surface area contributed by atoms with E-state index in [0.29, 0.717) is 10.6 Å². The molecule has 0 radical (unpaired) electrons. The molecule has 2 atom stereocenters. The van der Waals surface area contributed by atoms with Crippen molar-refractivity contribution in [1.82, 2.24) is 4.31 Å². The zero-order valence-electron chi connectivity index (χ0n) is 10.9. The summed E-state index contributed by atoms with van der Waals surface area (Å²) < 4.78 is 25.1. The Kier molecular flexibility index (Phi) is 4.67. The highest BCUT2D eigenvalue weighted by Gasteiger charge is 2.41. The van der Waals surface area contributed by atoms with E-state index in [2.05, 4.69) is 0 Å². The summed E-state index contributed by atoms with van der Waals surface area (Å²) in [6.07, 6.45) is 0.281. The van der Waals surface area contributed by atoms with Gasteiger partial charge in [-0.1, -0.05) is 23.7 Å². The van der Waals surface area contributed by atoms with E-state index in [4.69, 9.17) is 16.7 Å². The van der Waals surface area contributed by atoms with Gasteiger partial charge in [-0.3, -0.25) is 4.79 Å². The molecule has 0 bridgehead atoms. The van der Waals surface area contributed by atoms with E-state index in [0.717, 1.165) is 9.71 Å². The lowest BCUT2D eigenvalue weighted by Gasteiger charge is -2.18. The third-order valence-electron chi connectivity index (χ3n) is 3.15. The second-order valence-electron chi connectivity index (χ2n) is 4.71. The van der Waals surface area contributed by atoms with E-state index in [1.54, 1.807) is 24.3 Å². The van der Waals surface area contributed by atoms with Gasteiger partial charge in [-0.05, 0) is 23.8 Å². The molecular formula is C13H14ClNO5S. The maximum atomic E-state index is 12.2. The fraction of sp³-hybridized carbons (Fsp3) is 0.308. The van der Waals surface area contributed by atoms with Crippen LogP contribution in [-0.4, -0.2) is 47.6 Å². The van der Waals surface area contributed by atoms with E-state index in [1.807, 2.05) is 0 Å². The molecule has 1 aromatic rings. The highest BCUT2D eigenvalue weighted by atomic mass is 35.5. The minimum atomic E-state index is -3.92. The predicted molar refractivity (Wildman–Crippen MR) is 78.2 cm³/mol. The van der Waals surface area contributed by atoms with Gasteiger partial charge >= 0.3 is 5.97 Å². The van der Waals surface area contributed by atoms with Crippen molar-refractivity contribution in [2.45, 2.75) is 18.6 Å². The van der Waals surface area contributed by atoms with E-state index in [9.17, 15) is 18.3 Å². The number of hydrogen-bond acceptors (Lipinski definition) is 4. The number of rotatable bonds is 4. The fourth-order valence-corrected chi connectivity index (χ4v) is 3.63. The number of hydrogen-bond donors (Lipinski definition) is 2. The zero-order chi connectivity index (χ0) is 15.6. The molecular weight excluding hydrogens is 318 g/mol. The van der Waals surface area contributed by atoms with Gasteiger partial charge in [0.25, 0.3) is 0 Å². The molecule has 8 heteroatoms. The van der Waals surface area contributed by atoms with Crippen LogP contribution < -0.4 is 0 Å². The van der Waals surface area contributed by atoms with Crippen LogP contribution in [0.5, 0.6) is 0 Å². The molecule has 21 heavy (non-hydrogen) atoms. The maximum Gasteiger partial charge on any atom is 0.322 e. The molecule has 0 aromatic heterocycles. The smallest absolute Gasteiger partial charge is 0.322 e. The molecule has 114 valence electrons. The average Bonchev–Trinajstić information content (AvgIpc) is 2.81. The lowest BCUT2D eigenvalue weighted by atomic mass is 10.2. The number of aliphatic carboxylic acids is 1. The molecule has 0 spiro atoms. The molecule has 1 aliphatic rings. The molecule has 1 saturated heterocycles. The van der Waals surface area contributed by atoms with E-state index < -0.39 is 28.1 Å². The lowest BCUT2D eigenvalue weighted by Crippen LogP contribution is -2.39. The van der Waals surface area contributed by atoms with Gasteiger partial charge in [0, 0.05) is 23.4 Å². The second-order valence-corrected chi connectivity index (χ2v) is 6.92. The molecule has 0 amide bonds. The van der Waals surface area contributed by atoms with Crippen molar-refractivity contribution in [3.63, 3.8) is 0 Å². The first-order valence-electron chi connectivity index (χ1n) is 6.16. The molecule has 0 saturated carbocycles. The summed E-state index contributed by atoms with van der Waals surface area (Å²) in [6, 6.07) is 5.28. The minimum Gasteiger partial charge on any atom is -0.480 e. The van der Waals surface area contributed by atoms with Crippen LogP contribution in [0.4, 0.5) is 0 Å². The summed E-state index contributed by atoms with van der Waals surface area (Å²) in [5, 5.41) is 20.0. The Morgan fingerprint density at radius 1 is 1.33 bits per heavy atom. The highest BCUT2D eigenvalue weighted by Crippen LogP contribution is 2.23. The number of carboxylic acids is 1. The van der Waals surface area contributed by atoms with Crippen molar-refractivity contribution in [3.05, 3.63) is 40.3 Å². The predicted octanol–water partition coefficient (Wildman–Crippen LogP) is 1.16. The third-order valence-corrected chi connectivity index (χ3v) is 4.94. The summed E-state index contributed by atoms with van der Waals surface area (Å²) in [4.78, 5) is 11.1. The molecule has 2 N–H and O–H groups in total. The molecule has 1 heterocycles. The Morgan fingerprint density at radius 3 is 2.52 bits per heavy atom. The number of nitrogens with zero attached hydrogens (tertiary/aromatic N) is 1. The summed E-state index contributed by atoms with van der Waals surface area (Å²) in [5.41, 5.74) is 0.620. The molecule has 1 unspecified atom stereocenters. The standard InChI is InChI=1S/C13H14ClNO5S/c14-10-3-1-9(2-4-10)5-6-21(19,20)15-8-11(16)7-12(15)13(17)18/h1-6,11-12,16H,7-8H2,(H,17,18)/b6-5+/t11?,12-/m0/s1. The summed E-state index contributed by atoms with van der Waals surface area (Å²) in [7, 11) is -3.92. The van der Waals surface area contributed by atoms with Crippen molar-refractivity contribution in [1.29, 1.82) is 0 Å². The molecule has 0 aliphatic carbocycles. The first kappa shape index (κ1) is 16.0. The number of aliphatic hydroxyl groups excluding tert-OH is 1. The minimum absolute atomic E-state index is 0.108. The monoisotopic (exact) mass is 331 g/mol. The third kappa shape index (κ3) is 3.82. The Labute approximate surface area is 127 Å². The SMILES string of the molecule is O=C(O)[C@@H]1CC(O)CN1S(=O)(=O)/C=C/c1ccc(Cl)cc1. The number of β-amino-alcohol motifs (C(OH)–C–C–N with tert-alkyl or cyclic N) is 1. The van der Waals surface area contributed by atoms with Gasteiger partial charge in [-0.2, -0.15) is 4.31 Å². The maximum absolute atomic E-state index is 12.2. The fourth-order valence-electron chi connectivity index (χ4n) is 2.11. The van der Waals surface area contributed by atoms with Crippen LogP contribution in [0, 0.1) is 0 Å². The first-order chi connectivity index (χ1) is 9.79. The van der Waals surface area contributed by atoms with Crippen LogP contribution in [0.2, 0.25) is 5.02 Å². The molecule has 1 aromatic carbocycles. The summed E-state index contributed by atoms with van der Waals surface area (Å²) in [5.74, 6) is -1.27. The van der Waals surface area contributed by atoms with Crippen LogP contribution >= 0.6 is 11.6 Å². The number of carboxylic acid groups (broad SMARTS) is 1. The average molecular weight is 332 g/mol. The van der Waals surface area contributed by atoms with Crippen molar-refractivity contribution in [2.24, 2.45) is 0 Å². The quantitative estimate of drug-likeness (QED) is 0.863. The van der Waals surface area contributed by atoms with Gasteiger partial charge in [0.2, 0.25) is 10.0 Å². The topological polar surface area (TPSA) is 94.9 Å². The number of sulfonamides is 1. The van der Waals surface area contributed by atoms with Gasteiger partial charge in [-0.15, -0.1) is 0 Å². The van der Waals surface area contributed by atoms with Crippen molar-refractivity contribution < 1.29 is 23.4 Å². The van der Waals surface area contributed by atoms with E-state index in [-0.39, 0.29) is 13.0 Å². The lowest BCUT2D eigenvalue weighted by molar-refractivity contribution is -0.140. The number of aliphatic hydroxyl groups is 1. The van der Waals surface area contributed by atoms with Gasteiger partial charge < -0.3 is 10.2 Å². The Morgan fingerprint density at radius 2 is 1.95 bits per heavy atom. The van der Waals surface area contributed by atoms with Crippen LogP contribution in [0.3, 0.4) is 0 Å². The summed E-state index contributed by atoms with van der Waals surface area (Å²) >= 11 is 5.73. The van der Waals surface area contributed by atoms with Gasteiger partial charge in [-0.25, -0.2) is 8.42 Å². The highest BCUT2D eigenvalue weighted by molar-refractivity contribution is 7.92. The molecule has 1 aliphatic heterocycles. The normalized spacial score (nSPS) is 23.7. The number of halogens is 1. The van der Waals surface area contributed by atoms with Crippen LogP contribution in [-0.2, 0) is 14.8 Å². The van der Waals surface area contributed by atoms with Gasteiger partial charge in [0.15, 0.2) is 0 Å². The van der Waals surface area contributed by atoms with Crippen molar-refractivity contribution >= 4 is 33.7 Å². The zero-order valence-corrected chi connectivity index (χ0v) is 12.5. The van der Waals surface area contributed by atoms with Gasteiger partial charge in [0.05, 0.1) is 6.10 Å². The van der Waals surface area contributed by atoms with Gasteiger partial charge in [0.1, 0.15) is 6.04 Å². The molecule has 2 rings (SSSR count). The Bertz CT molecular complexity index is 656. The second kappa shape index (κ2) is 6.15. The largest absolute Gasteiger partial charge is 0.480 e. The van der Waals surface area contributed by atoms with Crippen molar-refractivity contribution in [2.75, 3.05) is 6.54 Å². The first-order valence-corrected chi connectivity index (χ1v) is 8.04. The van der Waals surface area contributed by atoms with Crippen molar-refractivity contribution in [3.8, 4) is 0 Å². The van der Waals surface area contributed by atoms with E-state index in [1.165, 1.54) is 6.08 Å². The number of benzene rings is 1. The number of carbonyl (C=O) groups is 1. The molecule has 6 nitrogen and oxygen atoms in total.